The molecule has 21 heavy (non-hydrogen) atoms. The van der Waals surface area contributed by atoms with Gasteiger partial charge < -0.3 is 15.5 Å². The fraction of sp³-hybridized carbons (Fsp3) is 0.667. The maximum atomic E-state index is 4.28. The minimum Gasteiger partial charge on any atom is -0.356 e. The third-order valence-electron chi connectivity index (χ3n) is 3.81. The van der Waals surface area contributed by atoms with Gasteiger partial charge in [-0.2, -0.15) is 11.3 Å². The van der Waals surface area contributed by atoms with Gasteiger partial charge in [-0.15, -0.1) is 24.0 Å². The minimum absolute atomic E-state index is 0. The molecule has 0 amide bonds. The second-order valence-corrected chi connectivity index (χ2v) is 6.75. The van der Waals surface area contributed by atoms with Crippen molar-refractivity contribution in [2.24, 2.45) is 4.99 Å². The molecule has 1 atom stereocenters. The van der Waals surface area contributed by atoms with Crippen LogP contribution >= 0.6 is 35.3 Å². The summed E-state index contributed by atoms with van der Waals surface area (Å²) in [5.74, 6) is 1.35. The lowest BCUT2D eigenvalue weighted by Crippen LogP contribution is -2.51. The van der Waals surface area contributed by atoms with E-state index in [1.54, 1.807) is 11.3 Å². The van der Waals surface area contributed by atoms with E-state index in [0.29, 0.717) is 5.92 Å². The number of rotatable bonds is 6. The van der Waals surface area contributed by atoms with Crippen LogP contribution < -0.4 is 10.6 Å². The van der Waals surface area contributed by atoms with Gasteiger partial charge >= 0.3 is 0 Å². The molecule has 0 saturated heterocycles. The number of halogens is 1. The van der Waals surface area contributed by atoms with E-state index in [4.69, 9.17) is 0 Å². The zero-order valence-electron chi connectivity index (χ0n) is 13.9. The average Bonchev–Trinajstić information content (AvgIpc) is 2.92. The number of aliphatic imine (C=N–C) groups is 1. The van der Waals surface area contributed by atoms with Crippen LogP contribution in [0.15, 0.2) is 21.8 Å². The molecule has 0 aliphatic rings. The Morgan fingerprint density at radius 2 is 2.05 bits per heavy atom. The molecule has 0 fully saturated rings. The predicted molar refractivity (Wildman–Crippen MR) is 105 cm³/mol. The molecule has 1 aromatic heterocycles. The first-order chi connectivity index (χ1) is 9.36. The van der Waals surface area contributed by atoms with Gasteiger partial charge in [0.1, 0.15) is 0 Å². The van der Waals surface area contributed by atoms with Crippen molar-refractivity contribution in [2.75, 3.05) is 34.2 Å². The molecule has 1 unspecified atom stereocenters. The maximum Gasteiger partial charge on any atom is 0.191 e. The summed E-state index contributed by atoms with van der Waals surface area (Å²) in [5, 5.41) is 11.1. The molecule has 0 saturated carbocycles. The van der Waals surface area contributed by atoms with Gasteiger partial charge in [0.2, 0.25) is 0 Å². The lowest BCUT2D eigenvalue weighted by Gasteiger charge is -2.33. The minimum atomic E-state index is 0. The van der Waals surface area contributed by atoms with E-state index in [1.807, 2.05) is 7.05 Å². The molecule has 1 aromatic rings. The normalized spacial score (nSPS) is 13.8. The smallest absolute Gasteiger partial charge is 0.191 e. The second-order valence-electron chi connectivity index (χ2n) is 5.97. The standard InChI is InChI=1S/C15H28N4S.HI/c1-12(13-7-8-20-10-13)9-17-14(16-4)18-11-15(2,3)19(5)6;/h7-8,10,12H,9,11H2,1-6H3,(H2,16,17,18);1H. The number of nitrogens with one attached hydrogen (secondary N) is 2. The summed E-state index contributed by atoms with van der Waals surface area (Å²) in [6.07, 6.45) is 0. The molecule has 4 nitrogen and oxygen atoms in total. The van der Waals surface area contributed by atoms with Gasteiger partial charge in [-0.25, -0.2) is 0 Å². The van der Waals surface area contributed by atoms with Crippen LogP contribution in [0.5, 0.6) is 0 Å². The van der Waals surface area contributed by atoms with Crippen molar-refractivity contribution in [1.29, 1.82) is 0 Å². The highest BCUT2D eigenvalue weighted by molar-refractivity contribution is 14.0. The zero-order chi connectivity index (χ0) is 15.2. The number of thiophene rings is 1. The number of nitrogens with zero attached hydrogens (tertiary/aromatic N) is 2. The van der Waals surface area contributed by atoms with Crippen molar-refractivity contribution in [2.45, 2.75) is 32.2 Å². The summed E-state index contributed by atoms with van der Waals surface area (Å²) >= 11 is 1.75. The Balaban J connectivity index is 0.00000400. The van der Waals surface area contributed by atoms with Crippen molar-refractivity contribution in [3.05, 3.63) is 22.4 Å². The van der Waals surface area contributed by atoms with Gasteiger partial charge in [-0.1, -0.05) is 6.92 Å². The Hall–Kier alpha value is -0.340. The van der Waals surface area contributed by atoms with Crippen LogP contribution in [0.1, 0.15) is 32.3 Å². The second kappa shape index (κ2) is 9.63. The predicted octanol–water partition coefficient (Wildman–Crippen LogP) is 2.97. The molecule has 1 heterocycles. The van der Waals surface area contributed by atoms with Gasteiger partial charge in [0.25, 0.3) is 0 Å². The van der Waals surface area contributed by atoms with Crippen LogP contribution in [-0.2, 0) is 0 Å². The van der Waals surface area contributed by atoms with E-state index in [2.05, 4.69) is 72.2 Å². The van der Waals surface area contributed by atoms with Crippen LogP contribution in [-0.4, -0.2) is 50.6 Å². The third kappa shape index (κ3) is 6.97. The highest BCUT2D eigenvalue weighted by Crippen LogP contribution is 2.17. The molecular weight excluding hydrogens is 395 g/mol. The molecular formula is C15H29IN4S. The zero-order valence-corrected chi connectivity index (χ0v) is 17.1. The van der Waals surface area contributed by atoms with E-state index in [1.165, 1.54) is 5.56 Å². The largest absolute Gasteiger partial charge is 0.356 e. The van der Waals surface area contributed by atoms with Crippen LogP contribution in [0.25, 0.3) is 0 Å². The van der Waals surface area contributed by atoms with E-state index in [0.717, 1.165) is 19.0 Å². The van der Waals surface area contributed by atoms with Crippen molar-refractivity contribution in [3.8, 4) is 0 Å². The topological polar surface area (TPSA) is 39.7 Å². The van der Waals surface area contributed by atoms with Gasteiger partial charge in [0, 0.05) is 25.7 Å². The molecule has 1 rings (SSSR count). The van der Waals surface area contributed by atoms with Gasteiger partial charge in [0.05, 0.1) is 0 Å². The fourth-order valence-corrected chi connectivity index (χ4v) is 2.38. The SMILES string of the molecule is CN=C(NCC(C)c1ccsc1)NCC(C)(C)N(C)C.I. The molecule has 2 N–H and O–H groups in total. The first-order valence-corrected chi connectivity index (χ1v) is 7.95. The van der Waals surface area contributed by atoms with Crippen molar-refractivity contribution >= 4 is 41.3 Å². The number of hydrogen-bond donors (Lipinski definition) is 2. The first kappa shape index (κ1) is 20.7. The van der Waals surface area contributed by atoms with Crippen LogP contribution in [0.3, 0.4) is 0 Å². The number of hydrogen-bond acceptors (Lipinski definition) is 3. The molecule has 0 radical (unpaired) electrons. The Bertz CT molecular complexity index is 415. The number of guanidine groups is 1. The summed E-state index contributed by atoms with van der Waals surface area (Å²) in [6, 6.07) is 2.18. The van der Waals surface area contributed by atoms with Crippen molar-refractivity contribution in [1.82, 2.24) is 15.5 Å². The quantitative estimate of drug-likeness (QED) is 0.419. The Morgan fingerprint density at radius 1 is 1.38 bits per heavy atom. The summed E-state index contributed by atoms with van der Waals surface area (Å²) < 4.78 is 0. The van der Waals surface area contributed by atoms with E-state index >= 15 is 0 Å². The number of likely N-dealkylation sites (N-methyl/N-ethyl adjacent to an activating group) is 1. The van der Waals surface area contributed by atoms with Crippen LogP contribution in [0.2, 0.25) is 0 Å². The van der Waals surface area contributed by atoms with Gasteiger partial charge in [0.15, 0.2) is 5.96 Å². The summed E-state index contributed by atoms with van der Waals surface area (Å²) in [7, 11) is 6.00. The van der Waals surface area contributed by atoms with Crippen LogP contribution in [0.4, 0.5) is 0 Å². The van der Waals surface area contributed by atoms with Crippen LogP contribution in [0, 0.1) is 0 Å². The fourth-order valence-electron chi connectivity index (χ4n) is 1.60. The summed E-state index contributed by atoms with van der Waals surface area (Å²) in [5.41, 5.74) is 1.47. The van der Waals surface area contributed by atoms with Gasteiger partial charge in [-0.05, 0) is 56.3 Å². The highest BCUT2D eigenvalue weighted by Gasteiger charge is 2.20. The Morgan fingerprint density at radius 3 is 2.52 bits per heavy atom. The highest BCUT2D eigenvalue weighted by atomic mass is 127. The van der Waals surface area contributed by atoms with E-state index in [-0.39, 0.29) is 29.5 Å². The monoisotopic (exact) mass is 424 g/mol. The molecule has 6 heteroatoms. The van der Waals surface area contributed by atoms with E-state index < -0.39 is 0 Å². The average molecular weight is 424 g/mol. The maximum absolute atomic E-state index is 4.28. The molecule has 122 valence electrons. The first-order valence-electron chi connectivity index (χ1n) is 7.01. The third-order valence-corrected chi connectivity index (χ3v) is 4.51. The van der Waals surface area contributed by atoms with Gasteiger partial charge in [-0.3, -0.25) is 4.99 Å². The lowest BCUT2D eigenvalue weighted by atomic mass is 10.0. The van der Waals surface area contributed by atoms with E-state index in [9.17, 15) is 0 Å². The molecule has 0 aromatic carbocycles. The summed E-state index contributed by atoms with van der Waals surface area (Å²) in [6.45, 7) is 8.39. The Kier molecular flexibility index (Phi) is 9.48. The lowest BCUT2D eigenvalue weighted by molar-refractivity contribution is 0.197. The molecule has 0 aliphatic heterocycles. The van der Waals surface area contributed by atoms with Crippen molar-refractivity contribution < 1.29 is 0 Å². The molecule has 0 bridgehead atoms. The molecule has 0 aliphatic carbocycles. The van der Waals surface area contributed by atoms with Crippen molar-refractivity contribution in [3.63, 3.8) is 0 Å². The summed E-state index contributed by atoms with van der Waals surface area (Å²) in [4.78, 5) is 6.49. The molecule has 0 spiro atoms. The Labute approximate surface area is 150 Å².